The zero-order valence-electron chi connectivity index (χ0n) is 20.4. The summed E-state index contributed by atoms with van der Waals surface area (Å²) in [5.74, 6) is -0.0788. The molecular formula is C26H29N7O2. The molecule has 4 heterocycles. The maximum Gasteiger partial charge on any atom is 0.330 e. The minimum atomic E-state index is -0.0788. The number of pyridine rings is 1. The lowest BCUT2D eigenvalue weighted by atomic mass is 9.97. The van der Waals surface area contributed by atoms with Crippen LogP contribution in [0.5, 0.6) is 0 Å². The van der Waals surface area contributed by atoms with E-state index in [9.17, 15) is 9.59 Å². The van der Waals surface area contributed by atoms with Gasteiger partial charge in [-0.15, -0.1) is 0 Å². The summed E-state index contributed by atoms with van der Waals surface area (Å²) < 4.78 is 3.42. The Kier molecular flexibility index (Phi) is 5.55. The molecule has 0 radical (unpaired) electrons. The average Bonchev–Trinajstić information content (AvgIpc) is 3.47. The fourth-order valence-corrected chi connectivity index (χ4v) is 4.35. The second kappa shape index (κ2) is 8.57. The van der Waals surface area contributed by atoms with Crippen LogP contribution in [0.15, 0.2) is 66.0 Å². The van der Waals surface area contributed by atoms with Crippen LogP contribution in [0.2, 0.25) is 0 Å². The first-order chi connectivity index (χ1) is 16.7. The molecule has 9 nitrogen and oxygen atoms in total. The number of aromatic nitrogens is 5. The summed E-state index contributed by atoms with van der Waals surface area (Å²) in [6, 6.07) is 12.1. The molecule has 1 aliphatic rings. The van der Waals surface area contributed by atoms with Crippen molar-refractivity contribution in [1.82, 2.24) is 29.2 Å². The number of H-pyrrole nitrogens is 1. The molecule has 1 amide bonds. The first-order valence-corrected chi connectivity index (χ1v) is 11.6. The molecule has 9 heteroatoms. The third-order valence-corrected chi connectivity index (χ3v) is 6.10. The molecule has 35 heavy (non-hydrogen) atoms. The van der Waals surface area contributed by atoms with Crippen molar-refractivity contribution in [2.45, 2.75) is 27.3 Å². The molecule has 1 aromatic carbocycles. The largest absolute Gasteiger partial charge is 0.345 e. The van der Waals surface area contributed by atoms with E-state index in [2.05, 4.69) is 41.9 Å². The van der Waals surface area contributed by atoms with Crippen molar-refractivity contribution in [3.63, 3.8) is 0 Å². The number of anilines is 1. The van der Waals surface area contributed by atoms with Gasteiger partial charge in [0.1, 0.15) is 0 Å². The second-order valence-corrected chi connectivity index (χ2v) is 10.1. The molecule has 0 aliphatic carbocycles. The predicted octanol–water partition coefficient (Wildman–Crippen LogP) is 3.60. The maximum atomic E-state index is 12.9. The lowest BCUT2D eigenvalue weighted by Crippen LogP contribution is -2.38. The molecule has 5 rings (SSSR count). The summed E-state index contributed by atoms with van der Waals surface area (Å²) in [7, 11) is 1.77. The Balaban J connectivity index is 1.42. The van der Waals surface area contributed by atoms with E-state index < -0.39 is 0 Å². The van der Waals surface area contributed by atoms with Gasteiger partial charge in [-0.3, -0.25) is 19.0 Å². The Labute approximate surface area is 203 Å². The number of fused-ring (bicyclic) bond motifs is 1. The molecule has 0 fully saturated rings. The molecule has 0 saturated carbocycles. The third-order valence-electron chi connectivity index (χ3n) is 6.10. The van der Waals surface area contributed by atoms with E-state index >= 15 is 0 Å². The number of aryl methyl sites for hydroxylation is 1. The van der Waals surface area contributed by atoms with Crippen molar-refractivity contribution < 1.29 is 4.79 Å². The summed E-state index contributed by atoms with van der Waals surface area (Å²) in [5, 5.41) is 6.53. The van der Waals surface area contributed by atoms with Gasteiger partial charge in [0.25, 0.3) is 5.91 Å². The highest BCUT2D eigenvalue weighted by Crippen LogP contribution is 2.27. The first-order valence-electron chi connectivity index (χ1n) is 11.6. The lowest BCUT2D eigenvalue weighted by Gasteiger charge is -2.30. The molecule has 180 valence electrons. The standard InChI is InChI=1S/C26H29N7O2/c1-26(2,3)17-33-22-9-8-21(29-23(22)30(4)25(33)35)18-6-5-7-20(14-18)31-10-12-32(13-11-31)24(34)19-15-27-28-16-19/h5-10,12,14-16H,11,13,17H2,1-4H3,(H,27,28). The van der Waals surface area contributed by atoms with Crippen LogP contribution in [0.3, 0.4) is 0 Å². The van der Waals surface area contributed by atoms with Crippen molar-refractivity contribution in [2.75, 3.05) is 18.0 Å². The van der Waals surface area contributed by atoms with E-state index in [-0.39, 0.29) is 17.0 Å². The van der Waals surface area contributed by atoms with Gasteiger partial charge in [-0.1, -0.05) is 32.9 Å². The Hall–Kier alpha value is -4.14. The number of nitrogens with zero attached hydrogens (tertiary/aromatic N) is 6. The highest BCUT2D eigenvalue weighted by atomic mass is 16.2. The molecule has 4 aromatic rings. The Morgan fingerprint density at radius 3 is 2.63 bits per heavy atom. The van der Waals surface area contributed by atoms with Crippen molar-refractivity contribution in [3.05, 3.63) is 77.2 Å². The summed E-state index contributed by atoms with van der Waals surface area (Å²) >= 11 is 0. The van der Waals surface area contributed by atoms with Crippen molar-refractivity contribution >= 4 is 22.8 Å². The Morgan fingerprint density at radius 2 is 1.94 bits per heavy atom. The first kappa shape index (κ1) is 22.6. The monoisotopic (exact) mass is 471 g/mol. The zero-order valence-corrected chi connectivity index (χ0v) is 20.4. The summed E-state index contributed by atoms with van der Waals surface area (Å²) in [4.78, 5) is 34.0. The molecule has 3 aromatic heterocycles. The van der Waals surface area contributed by atoms with Gasteiger partial charge >= 0.3 is 5.69 Å². The molecule has 1 aliphatic heterocycles. The number of imidazole rings is 1. The van der Waals surface area contributed by atoms with Gasteiger partial charge in [0.05, 0.1) is 23.0 Å². The highest BCUT2D eigenvalue weighted by Gasteiger charge is 2.21. The summed E-state index contributed by atoms with van der Waals surface area (Å²) in [6.45, 7) is 8.22. The van der Waals surface area contributed by atoms with Crippen molar-refractivity contribution in [2.24, 2.45) is 12.5 Å². The van der Waals surface area contributed by atoms with Gasteiger partial charge in [0.2, 0.25) is 0 Å². The zero-order chi connectivity index (χ0) is 24.7. The average molecular weight is 472 g/mol. The van der Waals surface area contributed by atoms with Gasteiger partial charge in [-0.25, -0.2) is 9.78 Å². The number of amides is 1. The van der Waals surface area contributed by atoms with Gasteiger partial charge in [0, 0.05) is 56.5 Å². The normalized spacial score (nSPS) is 14.2. The molecular weight excluding hydrogens is 442 g/mol. The predicted molar refractivity (Wildman–Crippen MR) is 136 cm³/mol. The topological polar surface area (TPSA) is 92.0 Å². The molecule has 0 atom stereocenters. The van der Waals surface area contributed by atoms with Crippen molar-refractivity contribution in [1.29, 1.82) is 0 Å². The SMILES string of the molecule is Cn1c(=O)n(CC(C)(C)C)c2ccc(-c3cccc(N4C=CN(C(=O)c5cn[nH]c5)CC4)c3)nc21. The van der Waals surface area contributed by atoms with Gasteiger partial charge in [0.15, 0.2) is 5.65 Å². The quantitative estimate of drug-likeness (QED) is 0.491. The number of rotatable bonds is 4. The molecule has 0 spiro atoms. The number of carbonyl (C=O) groups excluding carboxylic acids is 1. The van der Waals surface area contributed by atoms with E-state index in [1.165, 1.54) is 6.20 Å². The van der Waals surface area contributed by atoms with Crippen LogP contribution in [0.1, 0.15) is 31.1 Å². The lowest BCUT2D eigenvalue weighted by molar-refractivity contribution is 0.0821. The Bertz CT molecular complexity index is 1470. The van der Waals surface area contributed by atoms with Crippen LogP contribution in [-0.4, -0.2) is 48.2 Å². The number of hydrogen-bond donors (Lipinski definition) is 1. The van der Waals surface area contributed by atoms with Crippen LogP contribution >= 0.6 is 0 Å². The van der Waals surface area contributed by atoms with E-state index in [1.54, 1.807) is 33.5 Å². The number of hydrogen-bond acceptors (Lipinski definition) is 5. The maximum absolute atomic E-state index is 12.9. The number of carbonyl (C=O) groups is 1. The summed E-state index contributed by atoms with van der Waals surface area (Å²) in [5.41, 5.74) is 4.76. The second-order valence-electron chi connectivity index (χ2n) is 10.1. The fraction of sp³-hybridized carbons (Fsp3) is 0.308. The van der Waals surface area contributed by atoms with E-state index in [4.69, 9.17) is 4.98 Å². The molecule has 1 N–H and O–H groups in total. The number of benzene rings is 1. The minimum absolute atomic E-state index is 0.0220. The highest BCUT2D eigenvalue weighted by molar-refractivity contribution is 5.94. The summed E-state index contributed by atoms with van der Waals surface area (Å²) in [6.07, 6.45) is 6.84. The number of nitrogens with one attached hydrogen (secondary N) is 1. The van der Waals surface area contributed by atoms with Gasteiger partial charge in [-0.2, -0.15) is 5.10 Å². The van der Waals surface area contributed by atoms with Crippen LogP contribution in [0.4, 0.5) is 5.69 Å². The van der Waals surface area contributed by atoms with E-state index in [0.717, 1.165) is 22.5 Å². The van der Waals surface area contributed by atoms with Gasteiger partial charge in [-0.05, 0) is 29.7 Å². The van der Waals surface area contributed by atoms with Crippen LogP contribution in [0, 0.1) is 5.41 Å². The van der Waals surface area contributed by atoms with E-state index in [0.29, 0.717) is 30.8 Å². The molecule has 0 unspecified atom stereocenters. The van der Waals surface area contributed by atoms with Crippen LogP contribution in [-0.2, 0) is 13.6 Å². The van der Waals surface area contributed by atoms with Crippen LogP contribution < -0.4 is 10.6 Å². The Morgan fingerprint density at radius 1 is 1.11 bits per heavy atom. The molecule has 0 bridgehead atoms. The smallest absolute Gasteiger partial charge is 0.330 e. The van der Waals surface area contributed by atoms with Crippen molar-refractivity contribution in [3.8, 4) is 11.3 Å². The third kappa shape index (κ3) is 4.37. The minimum Gasteiger partial charge on any atom is -0.345 e. The van der Waals surface area contributed by atoms with E-state index in [1.807, 2.05) is 36.5 Å². The number of aromatic amines is 1. The molecule has 0 saturated heterocycles. The fourth-order valence-electron chi connectivity index (χ4n) is 4.35. The van der Waals surface area contributed by atoms with Gasteiger partial charge < -0.3 is 9.80 Å². The van der Waals surface area contributed by atoms with Crippen LogP contribution in [0.25, 0.3) is 22.4 Å².